The number of ether oxygens (including phenoxy) is 1. The van der Waals surface area contributed by atoms with Gasteiger partial charge in [0.2, 0.25) is 0 Å². The Morgan fingerprint density at radius 3 is 2.57 bits per heavy atom. The van der Waals surface area contributed by atoms with E-state index in [0.717, 1.165) is 11.4 Å². The third-order valence-electron chi connectivity index (χ3n) is 3.09. The van der Waals surface area contributed by atoms with Crippen molar-refractivity contribution in [2.24, 2.45) is 0 Å². The van der Waals surface area contributed by atoms with Gasteiger partial charge in [0, 0.05) is 23.6 Å². The summed E-state index contributed by atoms with van der Waals surface area (Å²) in [4.78, 5) is 15.3. The zero-order valence-electron chi connectivity index (χ0n) is 12.5. The second-order valence-electron chi connectivity index (χ2n) is 4.93. The van der Waals surface area contributed by atoms with Gasteiger partial charge in [0.1, 0.15) is 0 Å². The molecule has 1 heterocycles. The van der Waals surface area contributed by atoms with Gasteiger partial charge in [-0.1, -0.05) is 0 Å². The number of amides is 1. The highest BCUT2D eigenvalue weighted by Crippen LogP contribution is 2.16. The molecule has 0 unspecified atom stereocenters. The number of hydrogen-bond acceptors (Lipinski definition) is 4. The minimum Gasteiger partial charge on any atom is -0.453 e. The SMILES string of the molecule is COC(=O)Nc1ccc(NCc2cncn2C(C)C)cc1. The molecule has 0 bridgehead atoms. The minimum atomic E-state index is -0.475. The minimum absolute atomic E-state index is 0.385. The summed E-state index contributed by atoms with van der Waals surface area (Å²) in [5.74, 6) is 0. The van der Waals surface area contributed by atoms with Crippen LogP contribution in [0.15, 0.2) is 36.8 Å². The topological polar surface area (TPSA) is 68.2 Å². The lowest BCUT2D eigenvalue weighted by atomic mass is 10.2. The Morgan fingerprint density at radius 2 is 1.95 bits per heavy atom. The summed E-state index contributed by atoms with van der Waals surface area (Å²) in [7, 11) is 1.34. The third-order valence-corrected chi connectivity index (χ3v) is 3.09. The molecule has 112 valence electrons. The Balaban J connectivity index is 1.94. The Morgan fingerprint density at radius 1 is 1.29 bits per heavy atom. The number of aromatic nitrogens is 2. The highest BCUT2D eigenvalue weighted by Gasteiger charge is 2.05. The first-order chi connectivity index (χ1) is 10.1. The van der Waals surface area contributed by atoms with Crippen molar-refractivity contribution >= 4 is 17.5 Å². The van der Waals surface area contributed by atoms with Gasteiger partial charge in [-0.15, -0.1) is 0 Å². The highest BCUT2D eigenvalue weighted by atomic mass is 16.5. The van der Waals surface area contributed by atoms with Crippen LogP contribution in [-0.4, -0.2) is 22.8 Å². The smallest absolute Gasteiger partial charge is 0.411 e. The molecule has 6 heteroatoms. The van der Waals surface area contributed by atoms with Crippen LogP contribution in [0, 0.1) is 0 Å². The standard InChI is InChI=1S/C15H20N4O2/c1-11(2)19-10-16-8-14(19)9-17-12-4-6-13(7-5-12)18-15(20)21-3/h4-8,10-11,17H,9H2,1-3H3,(H,18,20). The fourth-order valence-electron chi connectivity index (χ4n) is 1.97. The number of imidazole rings is 1. The zero-order chi connectivity index (χ0) is 15.2. The zero-order valence-corrected chi connectivity index (χ0v) is 12.5. The predicted molar refractivity (Wildman–Crippen MR) is 82.4 cm³/mol. The van der Waals surface area contributed by atoms with Gasteiger partial charge in [0.15, 0.2) is 0 Å². The van der Waals surface area contributed by atoms with Crippen molar-refractivity contribution in [2.45, 2.75) is 26.4 Å². The largest absolute Gasteiger partial charge is 0.453 e. The van der Waals surface area contributed by atoms with Crippen LogP contribution in [0.1, 0.15) is 25.6 Å². The molecule has 1 aromatic heterocycles. The first-order valence-corrected chi connectivity index (χ1v) is 6.79. The van der Waals surface area contributed by atoms with Crippen molar-refractivity contribution in [3.8, 4) is 0 Å². The summed E-state index contributed by atoms with van der Waals surface area (Å²) in [6, 6.07) is 7.83. The molecule has 0 radical (unpaired) electrons. The van der Waals surface area contributed by atoms with E-state index in [-0.39, 0.29) is 0 Å². The van der Waals surface area contributed by atoms with Gasteiger partial charge in [-0.05, 0) is 38.1 Å². The number of carbonyl (C=O) groups is 1. The molecule has 0 saturated heterocycles. The van der Waals surface area contributed by atoms with Crippen LogP contribution in [-0.2, 0) is 11.3 Å². The van der Waals surface area contributed by atoms with Crippen LogP contribution >= 0.6 is 0 Å². The molecule has 0 saturated carbocycles. The molecular weight excluding hydrogens is 268 g/mol. The van der Waals surface area contributed by atoms with Gasteiger partial charge in [-0.25, -0.2) is 9.78 Å². The highest BCUT2D eigenvalue weighted by molar-refractivity contribution is 5.84. The molecule has 0 aliphatic rings. The summed E-state index contributed by atoms with van der Waals surface area (Å²) < 4.78 is 6.67. The maximum absolute atomic E-state index is 11.1. The van der Waals surface area contributed by atoms with E-state index >= 15 is 0 Å². The van der Waals surface area contributed by atoms with Gasteiger partial charge < -0.3 is 14.6 Å². The molecular formula is C15H20N4O2. The lowest BCUT2D eigenvalue weighted by Gasteiger charge is -2.13. The first-order valence-electron chi connectivity index (χ1n) is 6.79. The van der Waals surface area contributed by atoms with Crippen LogP contribution in [0.2, 0.25) is 0 Å². The summed E-state index contributed by atoms with van der Waals surface area (Å²) in [6.07, 6.45) is 3.22. The number of nitrogens with one attached hydrogen (secondary N) is 2. The van der Waals surface area contributed by atoms with Crippen molar-refractivity contribution in [2.75, 3.05) is 17.7 Å². The second kappa shape index (κ2) is 6.78. The molecule has 2 N–H and O–H groups in total. The summed E-state index contributed by atoms with van der Waals surface area (Å²) >= 11 is 0. The molecule has 0 aliphatic heterocycles. The molecule has 21 heavy (non-hydrogen) atoms. The molecule has 2 rings (SSSR count). The number of methoxy groups -OCH3 is 1. The van der Waals surface area contributed by atoms with E-state index in [1.807, 2.05) is 36.8 Å². The average Bonchev–Trinajstić information content (AvgIpc) is 2.95. The van der Waals surface area contributed by atoms with Crippen molar-refractivity contribution in [3.05, 3.63) is 42.5 Å². The van der Waals surface area contributed by atoms with Gasteiger partial charge in [-0.3, -0.25) is 5.32 Å². The lowest BCUT2D eigenvalue weighted by Crippen LogP contribution is -2.11. The summed E-state index contributed by atoms with van der Waals surface area (Å²) in [5.41, 5.74) is 2.79. The van der Waals surface area contributed by atoms with Crippen LogP contribution in [0.4, 0.5) is 16.2 Å². The molecule has 1 aromatic carbocycles. The fraction of sp³-hybridized carbons (Fsp3) is 0.333. The number of anilines is 2. The first kappa shape index (κ1) is 14.9. The van der Waals surface area contributed by atoms with Crippen LogP contribution < -0.4 is 10.6 Å². The maximum atomic E-state index is 11.1. The van der Waals surface area contributed by atoms with E-state index in [1.54, 1.807) is 0 Å². The second-order valence-corrected chi connectivity index (χ2v) is 4.93. The van der Waals surface area contributed by atoms with E-state index < -0.39 is 6.09 Å². The van der Waals surface area contributed by atoms with Gasteiger partial charge in [0.05, 0.1) is 25.7 Å². The number of carbonyl (C=O) groups excluding carboxylic acids is 1. The Labute approximate surface area is 124 Å². The monoisotopic (exact) mass is 288 g/mol. The molecule has 0 fully saturated rings. The summed E-state index contributed by atoms with van der Waals surface area (Å²) in [6.45, 7) is 4.94. The van der Waals surface area contributed by atoms with Crippen molar-refractivity contribution in [1.29, 1.82) is 0 Å². The quantitative estimate of drug-likeness (QED) is 0.886. The fourth-order valence-corrected chi connectivity index (χ4v) is 1.97. The molecule has 0 atom stereocenters. The van der Waals surface area contributed by atoms with Crippen LogP contribution in [0.25, 0.3) is 0 Å². The normalized spacial score (nSPS) is 10.5. The van der Waals surface area contributed by atoms with Crippen LogP contribution in [0.3, 0.4) is 0 Å². The maximum Gasteiger partial charge on any atom is 0.411 e. The van der Waals surface area contributed by atoms with Crippen molar-refractivity contribution in [1.82, 2.24) is 9.55 Å². The Bertz CT molecular complexity index is 590. The van der Waals surface area contributed by atoms with E-state index in [4.69, 9.17) is 0 Å². The Hall–Kier alpha value is -2.50. The van der Waals surface area contributed by atoms with Crippen molar-refractivity contribution in [3.63, 3.8) is 0 Å². The van der Waals surface area contributed by atoms with Gasteiger partial charge >= 0.3 is 6.09 Å². The lowest BCUT2D eigenvalue weighted by molar-refractivity contribution is 0.187. The van der Waals surface area contributed by atoms with E-state index in [0.29, 0.717) is 18.3 Å². The number of benzene rings is 1. The Kier molecular flexibility index (Phi) is 4.81. The van der Waals surface area contributed by atoms with E-state index in [2.05, 4.69) is 38.8 Å². The average molecular weight is 288 g/mol. The summed E-state index contributed by atoms with van der Waals surface area (Å²) in [5, 5.41) is 5.94. The molecule has 1 amide bonds. The molecule has 0 aliphatic carbocycles. The van der Waals surface area contributed by atoms with E-state index in [9.17, 15) is 4.79 Å². The van der Waals surface area contributed by atoms with Gasteiger partial charge in [-0.2, -0.15) is 0 Å². The van der Waals surface area contributed by atoms with Crippen LogP contribution in [0.5, 0.6) is 0 Å². The number of rotatable bonds is 5. The third kappa shape index (κ3) is 3.98. The number of hydrogen-bond donors (Lipinski definition) is 2. The molecule has 0 spiro atoms. The van der Waals surface area contributed by atoms with Gasteiger partial charge in [0.25, 0.3) is 0 Å². The van der Waals surface area contributed by atoms with Crippen molar-refractivity contribution < 1.29 is 9.53 Å². The molecule has 6 nitrogen and oxygen atoms in total. The molecule has 2 aromatic rings. The number of nitrogens with zero attached hydrogens (tertiary/aromatic N) is 2. The van der Waals surface area contributed by atoms with E-state index in [1.165, 1.54) is 7.11 Å². The predicted octanol–water partition coefficient (Wildman–Crippen LogP) is 3.25.